The molecule has 1 fully saturated rings. The Hall–Kier alpha value is -3.18. The monoisotopic (exact) mass is 429 g/mol. The summed E-state index contributed by atoms with van der Waals surface area (Å²) in [6.45, 7) is 2.79. The van der Waals surface area contributed by atoms with Crippen LogP contribution in [0.25, 0.3) is 0 Å². The second kappa shape index (κ2) is 10.9. The lowest BCUT2D eigenvalue weighted by Gasteiger charge is -2.37. The van der Waals surface area contributed by atoms with Gasteiger partial charge in [0.2, 0.25) is 5.91 Å². The third-order valence-electron chi connectivity index (χ3n) is 6.13. The zero-order valence-electron chi connectivity index (χ0n) is 18.6. The minimum Gasteiger partial charge on any atom is -0.496 e. The Bertz CT molecular complexity index is 994. The topological polar surface area (TPSA) is 54.5 Å². The van der Waals surface area contributed by atoms with Crippen LogP contribution in [0.5, 0.6) is 5.75 Å². The van der Waals surface area contributed by atoms with Gasteiger partial charge in [-0.25, -0.2) is 0 Å². The zero-order valence-corrected chi connectivity index (χ0v) is 18.6. The standard InChI is InChI=1S/C27H31N3O2/c1-32-25-15-6-5-12-22(25)19-30-17-9-13-23(20-30)27(24-14-7-8-16-28-24)29-26(31)18-21-10-3-2-4-11-21/h2-8,10-12,14-16,23,27H,9,13,17-20H2,1H3,(H,29,31). The van der Waals surface area contributed by atoms with Gasteiger partial charge in [0.15, 0.2) is 0 Å². The maximum atomic E-state index is 12.9. The van der Waals surface area contributed by atoms with Crippen LogP contribution < -0.4 is 10.1 Å². The highest BCUT2D eigenvalue weighted by Gasteiger charge is 2.30. The molecule has 1 aliphatic rings. The van der Waals surface area contributed by atoms with Crippen molar-refractivity contribution < 1.29 is 9.53 Å². The zero-order chi connectivity index (χ0) is 22.2. The number of hydrogen-bond acceptors (Lipinski definition) is 4. The first-order chi connectivity index (χ1) is 15.7. The van der Waals surface area contributed by atoms with Gasteiger partial charge in [-0.3, -0.25) is 14.7 Å². The molecule has 0 spiro atoms. The van der Waals surface area contributed by atoms with Crippen molar-refractivity contribution >= 4 is 5.91 Å². The summed E-state index contributed by atoms with van der Waals surface area (Å²) >= 11 is 0. The summed E-state index contributed by atoms with van der Waals surface area (Å²) in [6, 6.07) is 23.9. The SMILES string of the molecule is COc1ccccc1CN1CCCC(C(NC(=O)Cc2ccccc2)c2ccccn2)C1. The summed E-state index contributed by atoms with van der Waals surface area (Å²) in [4.78, 5) is 20.0. The molecule has 32 heavy (non-hydrogen) atoms. The summed E-state index contributed by atoms with van der Waals surface area (Å²) in [5, 5.41) is 3.31. The summed E-state index contributed by atoms with van der Waals surface area (Å²) < 4.78 is 5.55. The number of likely N-dealkylation sites (tertiary alicyclic amines) is 1. The molecule has 5 heteroatoms. The van der Waals surface area contributed by atoms with Crippen molar-refractivity contribution in [2.24, 2.45) is 5.92 Å². The van der Waals surface area contributed by atoms with Crippen LogP contribution in [-0.4, -0.2) is 36.0 Å². The number of amides is 1. The fourth-order valence-electron chi connectivity index (χ4n) is 4.58. The summed E-state index contributed by atoms with van der Waals surface area (Å²) in [5.74, 6) is 1.26. The average Bonchev–Trinajstić information content (AvgIpc) is 2.84. The number of para-hydroxylation sites is 1. The van der Waals surface area contributed by atoms with Crippen molar-refractivity contribution in [3.8, 4) is 5.75 Å². The predicted molar refractivity (Wildman–Crippen MR) is 126 cm³/mol. The first-order valence-corrected chi connectivity index (χ1v) is 11.3. The number of pyridine rings is 1. The lowest BCUT2D eigenvalue weighted by molar-refractivity contribution is -0.121. The molecule has 0 bridgehead atoms. The molecule has 1 saturated heterocycles. The number of nitrogens with one attached hydrogen (secondary N) is 1. The minimum absolute atomic E-state index is 0.0358. The van der Waals surface area contributed by atoms with Crippen molar-refractivity contribution in [2.45, 2.75) is 31.8 Å². The van der Waals surface area contributed by atoms with Crippen LogP contribution in [0, 0.1) is 5.92 Å². The number of rotatable bonds is 8. The molecular weight excluding hydrogens is 398 g/mol. The molecule has 1 aromatic heterocycles. The smallest absolute Gasteiger partial charge is 0.224 e. The van der Waals surface area contributed by atoms with E-state index >= 15 is 0 Å². The quantitative estimate of drug-likeness (QED) is 0.577. The largest absolute Gasteiger partial charge is 0.496 e. The highest BCUT2D eigenvalue weighted by atomic mass is 16.5. The first-order valence-electron chi connectivity index (χ1n) is 11.3. The molecule has 2 aromatic carbocycles. The van der Waals surface area contributed by atoms with Gasteiger partial charge in [0.05, 0.1) is 25.3 Å². The van der Waals surface area contributed by atoms with Gasteiger partial charge in [-0.2, -0.15) is 0 Å². The van der Waals surface area contributed by atoms with Gasteiger partial charge in [-0.15, -0.1) is 0 Å². The second-order valence-corrected chi connectivity index (χ2v) is 8.41. The van der Waals surface area contributed by atoms with Gasteiger partial charge in [0, 0.05) is 24.8 Å². The number of ether oxygens (including phenoxy) is 1. The Kier molecular flexibility index (Phi) is 7.51. The molecule has 0 aliphatic carbocycles. The predicted octanol–water partition coefficient (Wildman–Crippen LogP) is 4.40. The molecule has 1 N–H and O–H groups in total. The van der Waals surface area contributed by atoms with E-state index in [1.807, 2.05) is 60.7 Å². The average molecular weight is 430 g/mol. The van der Waals surface area contributed by atoms with Crippen molar-refractivity contribution in [1.29, 1.82) is 0 Å². The number of aromatic nitrogens is 1. The third-order valence-corrected chi connectivity index (χ3v) is 6.13. The molecular formula is C27H31N3O2. The Balaban J connectivity index is 1.48. The molecule has 4 rings (SSSR count). The second-order valence-electron chi connectivity index (χ2n) is 8.41. The van der Waals surface area contributed by atoms with Gasteiger partial charge in [-0.1, -0.05) is 54.6 Å². The van der Waals surface area contributed by atoms with E-state index in [4.69, 9.17) is 4.74 Å². The molecule has 3 aromatic rings. The lowest BCUT2D eigenvalue weighted by atomic mass is 9.88. The van der Waals surface area contributed by atoms with E-state index in [0.717, 1.165) is 49.5 Å². The van der Waals surface area contributed by atoms with Gasteiger partial charge >= 0.3 is 0 Å². The van der Waals surface area contributed by atoms with Gasteiger partial charge in [-0.05, 0) is 49.1 Å². The molecule has 2 heterocycles. The van der Waals surface area contributed by atoms with E-state index in [1.54, 1.807) is 13.3 Å². The number of nitrogens with zero attached hydrogens (tertiary/aromatic N) is 2. The van der Waals surface area contributed by atoms with E-state index < -0.39 is 0 Å². The van der Waals surface area contributed by atoms with E-state index in [0.29, 0.717) is 12.3 Å². The fourth-order valence-corrected chi connectivity index (χ4v) is 4.58. The van der Waals surface area contributed by atoms with Gasteiger partial charge in [0.25, 0.3) is 0 Å². The number of benzene rings is 2. The minimum atomic E-state index is -0.104. The maximum Gasteiger partial charge on any atom is 0.224 e. The van der Waals surface area contributed by atoms with Gasteiger partial charge in [0.1, 0.15) is 5.75 Å². The lowest BCUT2D eigenvalue weighted by Crippen LogP contribution is -2.43. The van der Waals surface area contributed by atoms with Crippen molar-refractivity contribution in [3.05, 3.63) is 95.8 Å². The van der Waals surface area contributed by atoms with Crippen molar-refractivity contribution in [1.82, 2.24) is 15.2 Å². The van der Waals surface area contributed by atoms with Crippen LogP contribution in [-0.2, 0) is 17.8 Å². The van der Waals surface area contributed by atoms with Crippen molar-refractivity contribution in [2.75, 3.05) is 20.2 Å². The van der Waals surface area contributed by atoms with E-state index in [9.17, 15) is 4.79 Å². The highest BCUT2D eigenvalue weighted by molar-refractivity contribution is 5.79. The highest BCUT2D eigenvalue weighted by Crippen LogP contribution is 2.31. The molecule has 166 valence electrons. The van der Waals surface area contributed by atoms with E-state index in [1.165, 1.54) is 5.56 Å². The van der Waals surface area contributed by atoms with Crippen LogP contribution in [0.3, 0.4) is 0 Å². The number of carbonyl (C=O) groups is 1. The number of piperidine rings is 1. The molecule has 5 nitrogen and oxygen atoms in total. The Morgan fingerprint density at radius 3 is 2.66 bits per heavy atom. The normalized spacial score (nSPS) is 17.5. The molecule has 2 atom stereocenters. The van der Waals surface area contributed by atoms with Crippen LogP contribution >= 0.6 is 0 Å². The van der Waals surface area contributed by atoms with E-state index in [-0.39, 0.29) is 11.9 Å². The van der Waals surface area contributed by atoms with Crippen LogP contribution in [0.15, 0.2) is 79.0 Å². The maximum absolute atomic E-state index is 12.9. The molecule has 2 unspecified atom stereocenters. The van der Waals surface area contributed by atoms with Gasteiger partial charge < -0.3 is 10.1 Å². The molecule has 0 saturated carbocycles. The summed E-state index contributed by atoms with van der Waals surface area (Å²) in [5.41, 5.74) is 3.14. The third kappa shape index (κ3) is 5.74. The first kappa shape index (κ1) is 22.0. The Labute approximate surface area is 190 Å². The molecule has 1 amide bonds. The Morgan fingerprint density at radius 2 is 1.88 bits per heavy atom. The van der Waals surface area contributed by atoms with Crippen LogP contribution in [0.4, 0.5) is 0 Å². The van der Waals surface area contributed by atoms with Crippen LogP contribution in [0.2, 0.25) is 0 Å². The summed E-state index contributed by atoms with van der Waals surface area (Å²) in [6.07, 6.45) is 4.34. The summed E-state index contributed by atoms with van der Waals surface area (Å²) in [7, 11) is 1.72. The molecule has 0 radical (unpaired) electrons. The van der Waals surface area contributed by atoms with E-state index in [2.05, 4.69) is 27.3 Å². The van der Waals surface area contributed by atoms with Crippen LogP contribution in [0.1, 0.15) is 35.7 Å². The van der Waals surface area contributed by atoms with Crippen molar-refractivity contribution in [3.63, 3.8) is 0 Å². The number of methoxy groups -OCH3 is 1. The Morgan fingerprint density at radius 1 is 1.09 bits per heavy atom. The number of carbonyl (C=O) groups excluding carboxylic acids is 1. The molecule has 1 aliphatic heterocycles. The fraction of sp³-hybridized carbons (Fsp3) is 0.333. The number of hydrogen-bond donors (Lipinski definition) is 1.